The summed E-state index contributed by atoms with van der Waals surface area (Å²) >= 11 is 0. The van der Waals surface area contributed by atoms with Crippen molar-refractivity contribution in [2.45, 2.75) is 19.4 Å². The summed E-state index contributed by atoms with van der Waals surface area (Å²) in [6.45, 7) is 4.36. The average molecular weight is 235 g/mol. The maximum atomic E-state index is 9.82. The Balaban J connectivity index is 2.80. The predicted octanol–water partition coefficient (Wildman–Crippen LogP) is 1.61. The molecule has 0 aromatic heterocycles. The van der Waals surface area contributed by atoms with Crippen molar-refractivity contribution >= 4 is 11.9 Å². The van der Waals surface area contributed by atoms with Crippen molar-refractivity contribution in [3.63, 3.8) is 0 Å². The number of phenols is 1. The second-order valence-electron chi connectivity index (χ2n) is 5.10. The van der Waals surface area contributed by atoms with E-state index in [2.05, 4.69) is 4.99 Å². The van der Waals surface area contributed by atoms with Gasteiger partial charge in [0.15, 0.2) is 0 Å². The standard InChI is InChI=1S/C13H21N3O/c1-13(2,14)9-15-8-10-5-6-11(16(3)4)7-12(10)17/h5-8,17H,9,14H2,1-4H3. The van der Waals surface area contributed by atoms with Crippen LogP contribution in [-0.4, -0.2) is 37.5 Å². The fourth-order valence-electron chi connectivity index (χ4n) is 1.30. The lowest BCUT2D eigenvalue weighted by molar-refractivity contribution is 0.474. The first-order chi connectivity index (χ1) is 7.79. The molecule has 4 nitrogen and oxygen atoms in total. The van der Waals surface area contributed by atoms with Crippen molar-refractivity contribution in [1.82, 2.24) is 0 Å². The van der Waals surface area contributed by atoms with Crippen molar-refractivity contribution in [3.8, 4) is 5.75 Å². The van der Waals surface area contributed by atoms with Crippen LogP contribution in [0.25, 0.3) is 0 Å². The molecule has 1 aromatic carbocycles. The smallest absolute Gasteiger partial charge is 0.126 e. The van der Waals surface area contributed by atoms with Crippen LogP contribution in [-0.2, 0) is 0 Å². The second kappa shape index (κ2) is 5.19. The molecule has 0 heterocycles. The van der Waals surface area contributed by atoms with E-state index >= 15 is 0 Å². The van der Waals surface area contributed by atoms with Gasteiger partial charge < -0.3 is 15.7 Å². The number of nitrogens with two attached hydrogens (primary N) is 1. The largest absolute Gasteiger partial charge is 0.507 e. The molecule has 0 radical (unpaired) electrons. The van der Waals surface area contributed by atoms with Gasteiger partial charge >= 0.3 is 0 Å². The quantitative estimate of drug-likeness (QED) is 0.779. The molecule has 0 fully saturated rings. The fourth-order valence-corrected chi connectivity index (χ4v) is 1.30. The average Bonchev–Trinajstić information content (AvgIpc) is 2.18. The zero-order chi connectivity index (χ0) is 13.1. The highest BCUT2D eigenvalue weighted by molar-refractivity contribution is 5.84. The molecule has 0 aliphatic heterocycles. The molecule has 0 saturated carbocycles. The molecule has 17 heavy (non-hydrogen) atoms. The number of nitrogens with zero attached hydrogens (tertiary/aromatic N) is 2. The van der Waals surface area contributed by atoms with Crippen molar-refractivity contribution in [3.05, 3.63) is 23.8 Å². The van der Waals surface area contributed by atoms with Crippen molar-refractivity contribution < 1.29 is 5.11 Å². The predicted molar refractivity (Wildman–Crippen MR) is 73.2 cm³/mol. The summed E-state index contributed by atoms with van der Waals surface area (Å²) in [7, 11) is 3.86. The Labute approximate surface area is 103 Å². The minimum absolute atomic E-state index is 0.231. The molecule has 94 valence electrons. The third-order valence-electron chi connectivity index (χ3n) is 2.26. The van der Waals surface area contributed by atoms with Gasteiger partial charge in [-0.3, -0.25) is 4.99 Å². The van der Waals surface area contributed by atoms with Crippen LogP contribution < -0.4 is 10.6 Å². The fraction of sp³-hybridized carbons (Fsp3) is 0.462. The number of aliphatic imine (C=N–C) groups is 1. The summed E-state index contributed by atoms with van der Waals surface area (Å²) in [5, 5.41) is 9.82. The van der Waals surface area contributed by atoms with E-state index in [1.165, 1.54) is 0 Å². The number of hydrogen-bond donors (Lipinski definition) is 2. The molecule has 1 aromatic rings. The van der Waals surface area contributed by atoms with E-state index in [4.69, 9.17) is 5.73 Å². The number of rotatable bonds is 4. The summed E-state index contributed by atoms with van der Waals surface area (Å²) in [6, 6.07) is 5.50. The van der Waals surface area contributed by atoms with Gasteiger partial charge in [-0.1, -0.05) is 0 Å². The molecule has 4 heteroatoms. The first-order valence-electron chi connectivity index (χ1n) is 5.59. The van der Waals surface area contributed by atoms with Crippen molar-refractivity contribution in [2.24, 2.45) is 10.7 Å². The Hall–Kier alpha value is -1.55. The first kappa shape index (κ1) is 13.5. The second-order valence-corrected chi connectivity index (χ2v) is 5.10. The zero-order valence-corrected chi connectivity index (χ0v) is 10.9. The monoisotopic (exact) mass is 235 g/mol. The van der Waals surface area contributed by atoms with Gasteiger partial charge in [0.05, 0.1) is 6.54 Å². The summed E-state index contributed by atoms with van der Waals surface area (Å²) < 4.78 is 0. The lowest BCUT2D eigenvalue weighted by Gasteiger charge is -2.15. The topological polar surface area (TPSA) is 61.8 Å². The Bertz CT molecular complexity index is 406. The summed E-state index contributed by atoms with van der Waals surface area (Å²) in [5.74, 6) is 0.231. The van der Waals surface area contributed by atoms with E-state index in [-0.39, 0.29) is 11.3 Å². The van der Waals surface area contributed by atoms with Gasteiger partial charge in [-0.05, 0) is 26.0 Å². The maximum Gasteiger partial charge on any atom is 0.126 e. The van der Waals surface area contributed by atoms with E-state index in [0.29, 0.717) is 12.1 Å². The van der Waals surface area contributed by atoms with Gasteiger partial charge in [0.2, 0.25) is 0 Å². The highest BCUT2D eigenvalue weighted by Crippen LogP contribution is 2.22. The molecular formula is C13H21N3O. The van der Waals surface area contributed by atoms with Crippen molar-refractivity contribution in [1.29, 1.82) is 0 Å². The number of benzene rings is 1. The van der Waals surface area contributed by atoms with Crippen LogP contribution >= 0.6 is 0 Å². The van der Waals surface area contributed by atoms with Crippen LogP contribution in [0.4, 0.5) is 5.69 Å². The minimum atomic E-state index is -0.324. The Morgan fingerprint density at radius 1 is 1.41 bits per heavy atom. The zero-order valence-electron chi connectivity index (χ0n) is 10.9. The van der Waals surface area contributed by atoms with Crippen LogP contribution in [0.1, 0.15) is 19.4 Å². The third kappa shape index (κ3) is 4.44. The van der Waals surface area contributed by atoms with Crippen molar-refractivity contribution in [2.75, 3.05) is 25.5 Å². The normalized spacial score (nSPS) is 12.1. The molecule has 0 atom stereocenters. The molecule has 0 aliphatic rings. The highest BCUT2D eigenvalue weighted by Gasteiger charge is 2.08. The molecule has 0 spiro atoms. The van der Waals surface area contributed by atoms with E-state index in [0.717, 1.165) is 5.69 Å². The van der Waals surface area contributed by atoms with E-state index in [1.54, 1.807) is 12.3 Å². The summed E-state index contributed by atoms with van der Waals surface area (Å²) in [6.07, 6.45) is 1.66. The maximum absolute atomic E-state index is 9.82. The molecule has 3 N–H and O–H groups in total. The number of hydrogen-bond acceptors (Lipinski definition) is 4. The van der Waals surface area contributed by atoms with Gasteiger partial charge in [-0.15, -0.1) is 0 Å². The van der Waals surface area contributed by atoms with Crippen LogP contribution in [0, 0.1) is 0 Å². The minimum Gasteiger partial charge on any atom is -0.507 e. The van der Waals surface area contributed by atoms with Gasteiger partial charge in [-0.25, -0.2) is 0 Å². The summed E-state index contributed by atoms with van der Waals surface area (Å²) in [4.78, 5) is 6.16. The number of aromatic hydroxyl groups is 1. The summed E-state index contributed by atoms with van der Waals surface area (Å²) in [5.41, 5.74) is 7.16. The van der Waals surface area contributed by atoms with Gasteiger partial charge in [0, 0.05) is 43.2 Å². The third-order valence-corrected chi connectivity index (χ3v) is 2.26. The molecular weight excluding hydrogens is 214 g/mol. The van der Waals surface area contributed by atoms with Crippen LogP contribution in [0.3, 0.4) is 0 Å². The van der Waals surface area contributed by atoms with Crippen LogP contribution in [0.5, 0.6) is 5.75 Å². The van der Waals surface area contributed by atoms with E-state index < -0.39 is 0 Å². The Morgan fingerprint density at radius 3 is 2.53 bits per heavy atom. The number of phenolic OH excluding ortho intramolecular Hbond substituents is 1. The van der Waals surface area contributed by atoms with Crippen LogP contribution in [0.2, 0.25) is 0 Å². The number of anilines is 1. The van der Waals surface area contributed by atoms with Crippen LogP contribution in [0.15, 0.2) is 23.2 Å². The van der Waals surface area contributed by atoms with Gasteiger partial charge in [0.1, 0.15) is 5.75 Å². The molecule has 0 unspecified atom stereocenters. The molecule has 0 amide bonds. The Morgan fingerprint density at radius 2 is 2.06 bits per heavy atom. The van der Waals surface area contributed by atoms with E-state index in [1.807, 2.05) is 45.0 Å². The van der Waals surface area contributed by atoms with Gasteiger partial charge in [-0.2, -0.15) is 0 Å². The molecule has 0 bridgehead atoms. The molecule has 1 rings (SSSR count). The SMILES string of the molecule is CN(C)c1ccc(C=NCC(C)(C)N)c(O)c1. The lowest BCUT2D eigenvalue weighted by atomic mass is 10.1. The van der Waals surface area contributed by atoms with E-state index in [9.17, 15) is 5.11 Å². The molecule has 0 saturated heterocycles. The van der Waals surface area contributed by atoms with Gasteiger partial charge in [0.25, 0.3) is 0 Å². The Kier molecular flexibility index (Phi) is 4.12. The highest BCUT2D eigenvalue weighted by atomic mass is 16.3. The first-order valence-corrected chi connectivity index (χ1v) is 5.59. The lowest BCUT2D eigenvalue weighted by Crippen LogP contribution is -2.35. The molecule has 0 aliphatic carbocycles.